The summed E-state index contributed by atoms with van der Waals surface area (Å²) in [7, 11) is 0. The molecule has 266 valence electrons. The first-order valence-electron chi connectivity index (χ1n) is 18.9. The van der Waals surface area contributed by atoms with Crippen molar-refractivity contribution in [3.05, 3.63) is 131 Å². The van der Waals surface area contributed by atoms with Crippen molar-refractivity contribution in [1.29, 1.82) is 0 Å². The lowest BCUT2D eigenvalue weighted by atomic mass is 9.89. The van der Waals surface area contributed by atoms with Gasteiger partial charge in [-0.15, -0.1) is 0 Å². The first-order chi connectivity index (χ1) is 24.9. The van der Waals surface area contributed by atoms with Gasteiger partial charge in [0.1, 0.15) is 17.3 Å². The van der Waals surface area contributed by atoms with Gasteiger partial charge in [-0.1, -0.05) is 77.4 Å². The van der Waals surface area contributed by atoms with Crippen LogP contribution >= 0.6 is 0 Å². The van der Waals surface area contributed by atoms with Crippen LogP contribution in [0.1, 0.15) is 82.0 Å². The third-order valence-electron chi connectivity index (χ3n) is 10.0. The molecule has 0 saturated heterocycles. The zero-order chi connectivity index (χ0) is 36.6. The molecule has 0 aliphatic heterocycles. The molecular weight excluding hydrogens is 637 g/mol. The summed E-state index contributed by atoms with van der Waals surface area (Å²) in [5, 5.41) is 7.48. The molecular formula is C47H52N4O. The van der Waals surface area contributed by atoms with E-state index in [9.17, 15) is 0 Å². The minimum atomic E-state index is 0.373. The molecule has 5 nitrogen and oxygen atoms in total. The Hall–Kier alpha value is -5.16. The van der Waals surface area contributed by atoms with Crippen molar-refractivity contribution in [2.75, 3.05) is 0 Å². The lowest BCUT2D eigenvalue weighted by Crippen LogP contribution is -2.04. The van der Waals surface area contributed by atoms with Crippen molar-refractivity contribution >= 4 is 21.8 Å². The summed E-state index contributed by atoms with van der Waals surface area (Å²) in [4.78, 5) is 4.84. The fourth-order valence-electron chi connectivity index (χ4n) is 7.61. The molecule has 0 amide bonds. The Kier molecular flexibility index (Phi) is 9.80. The third kappa shape index (κ3) is 7.55. The monoisotopic (exact) mass is 688 g/mol. The molecule has 0 atom stereocenters. The average molecular weight is 689 g/mol. The lowest BCUT2D eigenvalue weighted by Gasteiger charge is -2.17. The van der Waals surface area contributed by atoms with Crippen LogP contribution in [0.5, 0.6) is 11.5 Å². The highest BCUT2D eigenvalue weighted by Crippen LogP contribution is 2.37. The molecule has 0 bridgehead atoms. The summed E-state index contributed by atoms with van der Waals surface area (Å²) in [6.07, 6.45) is 7.61. The molecule has 0 aliphatic carbocycles. The minimum Gasteiger partial charge on any atom is -0.457 e. The fraction of sp³-hybridized carbons (Fsp3) is 0.319. The van der Waals surface area contributed by atoms with Crippen LogP contribution in [-0.2, 0) is 12.8 Å². The SMILES string of the molecule is Cc1ccnc(-n2c3ccc(CCCCC(C)(C)C)cc3c3ccc(Oc4cc(CC(C)C)cc(-n5nc(C)c(-c6ccccc6)c5C)c4)cc32)c1. The van der Waals surface area contributed by atoms with Gasteiger partial charge in [0, 0.05) is 40.4 Å². The number of benzene rings is 4. The second-order valence-electron chi connectivity index (χ2n) is 16.2. The predicted octanol–water partition coefficient (Wildman–Crippen LogP) is 12.7. The maximum Gasteiger partial charge on any atom is 0.137 e. The van der Waals surface area contributed by atoms with Gasteiger partial charge in [-0.05, 0) is 129 Å². The van der Waals surface area contributed by atoms with Crippen molar-refractivity contribution in [3.8, 4) is 34.1 Å². The van der Waals surface area contributed by atoms with Gasteiger partial charge in [0.25, 0.3) is 0 Å². The summed E-state index contributed by atoms with van der Waals surface area (Å²) in [5.74, 6) is 3.00. The van der Waals surface area contributed by atoms with Crippen LogP contribution in [0.15, 0.2) is 103 Å². The van der Waals surface area contributed by atoms with Crippen LogP contribution in [0.3, 0.4) is 0 Å². The van der Waals surface area contributed by atoms with E-state index in [-0.39, 0.29) is 0 Å². The van der Waals surface area contributed by atoms with Gasteiger partial charge in [0.05, 0.1) is 22.4 Å². The number of rotatable bonds is 11. The van der Waals surface area contributed by atoms with E-state index < -0.39 is 0 Å². The van der Waals surface area contributed by atoms with Gasteiger partial charge in [-0.3, -0.25) is 4.57 Å². The molecule has 0 aliphatic rings. The lowest BCUT2D eigenvalue weighted by molar-refractivity contribution is 0.360. The Balaban J connectivity index is 1.29. The first kappa shape index (κ1) is 35.3. The number of aryl methyl sites for hydroxylation is 3. The molecule has 3 aromatic heterocycles. The number of pyridine rings is 1. The van der Waals surface area contributed by atoms with Crippen LogP contribution in [-0.4, -0.2) is 19.3 Å². The molecule has 0 N–H and O–H groups in total. The molecule has 0 radical (unpaired) electrons. The number of nitrogens with zero attached hydrogens (tertiary/aromatic N) is 4. The number of aromatic nitrogens is 4. The van der Waals surface area contributed by atoms with Crippen LogP contribution in [0.2, 0.25) is 0 Å². The van der Waals surface area contributed by atoms with Crippen molar-refractivity contribution < 1.29 is 4.74 Å². The molecule has 0 saturated carbocycles. The van der Waals surface area contributed by atoms with E-state index >= 15 is 0 Å². The second-order valence-corrected chi connectivity index (χ2v) is 16.2. The zero-order valence-electron chi connectivity index (χ0n) is 32.1. The van der Waals surface area contributed by atoms with Crippen molar-refractivity contribution in [1.82, 2.24) is 19.3 Å². The Morgan fingerprint density at radius 3 is 2.29 bits per heavy atom. The predicted molar refractivity (Wildman–Crippen MR) is 217 cm³/mol. The van der Waals surface area contributed by atoms with Gasteiger partial charge in [0.15, 0.2) is 0 Å². The van der Waals surface area contributed by atoms with Gasteiger partial charge >= 0.3 is 0 Å². The van der Waals surface area contributed by atoms with E-state index in [1.54, 1.807) is 0 Å². The molecule has 0 unspecified atom stereocenters. The fourth-order valence-corrected chi connectivity index (χ4v) is 7.61. The van der Waals surface area contributed by atoms with E-state index in [0.29, 0.717) is 11.3 Å². The highest BCUT2D eigenvalue weighted by atomic mass is 16.5. The van der Waals surface area contributed by atoms with Gasteiger partial charge < -0.3 is 4.74 Å². The number of ether oxygens (including phenoxy) is 1. The standard InChI is InChI=1S/C47H52N4O/c1-31(2)24-36-26-38(51-34(5)46(33(4)49-51)37-15-10-9-11-16-37)29-40(27-36)52-39-18-19-41-42-28-35(14-12-13-22-47(6,7)8)17-20-43(42)50(44(41)30-39)45-25-32(3)21-23-48-45/h9-11,15-21,23,25-31H,12-14,22,24H2,1-8H3. The minimum absolute atomic E-state index is 0.373. The molecule has 7 aromatic rings. The summed E-state index contributed by atoms with van der Waals surface area (Å²) in [6.45, 7) is 17.9. The van der Waals surface area contributed by atoms with Crippen molar-refractivity contribution in [2.45, 2.75) is 87.5 Å². The summed E-state index contributed by atoms with van der Waals surface area (Å²) < 4.78 is 11.1. The maximum atomic E-state index is 6.78. The summed E-state index contributed by atoms with van der Waals surface area (Å²) >= 11 is 0. The average Bonchev–Trinajstić information content (AvgIpc) is 3.58. The highest BCUT2D eigenvalue weighted by Gasteiger charge is 2.18. The normalized spacial score (nSPS) is 12.0. The zero-order valence-corrected chi connectivity index (χ0v) is 32.1. The Bertz CT molecular complexity index is 2350. The summed E-state index contributed by atoms with van der Waals surface area (Å²) in [5.41, 5.74) is 11.9. The molecule has 52 heavy (non-hydrogen) atoms. The molecule has 0 fully saturated rings. The number of hydrogen-bond donors (Lipinski definition) is 0. The van der Waals surface area contributed by atoms with E-state index in [4.69, 9.17) is 14.8 Å². The molecule has 4 aromatic carbocycles. The summed E-state index contributed by atoms with van der Waals surface area (Å²) in [6, 6.07) is 34.8. The van der Waals surface area contributed by atoms with Gasteiger partial charge in [-0.25, -0.2) is 9.67 Å². The number of hydrogen-bond acceptors (Lipinski definition) is 3. The second kappa shape index (κ2) is 14.5. The maximum absolute atomic E-state index is 6.78. The molecule has 3 heterocycles. The Morgan fingerprint density at radius 2 is 1.54 bits per heavy atom. The van der Waals surface area contributed by atoms with Crippen LogP contribution in [0.4, 0.5) is 0 Å². The Labute approximate surface area is 309 Å². The van der Waals surface area contributed by atoms with Crippen LogP contribution in [0, 0.1) is 32.1 Å². The molecule has 0 spiro atoms. The van der Waals surface area contributed by atoms with Crippen molar-refractivity contribution in [3.63, 3.8) is 0 Å². The molecule has 7 rings (SSSR count). The quantitative estimate of drug-likeness (QED) is 0.127. The van der Waals surface area contributed by atoms with Crippen LogP contribution in [0.25, 0.3) is 44.4 Å². The van der Waals surface area contributed by atoms with Gasteiger partial charge in [0.2, 0.25) is 0 Å². The first-order valence-corrected chi connectivity index (χ1v) is 18.9. The highest BCUT2D eigenvalue weighted by molar-refractivity contribution is 6.09. The van der Waals surface area contributed by atoms with Gasteiger partial charge in [-0.2, -0.15) is 5.10 Å². The largest absolute Gasteiger partial charge is 0.457 e. The third-order valence-corrected chi connectivity index (χ3v) is 10.0. The van der Waals surface area contributed by atoms with Crippen LogP contribution < -0.4 is 4.74 Å². The Morgan fingerprint density at radius 1 is 0.731 bits per heavy atom. The van der Waals surface area contributed by atoms with E-state index in [1.165, 1.54) is 57.9 Å². The van der Waals surface area contributed by atoms with Crippen molar-refractivity contribution in [2.24, 2.45) is 11.3 Å². The van der Waals surface area contributed by atoms with E-state index in [2.05, 4.69) is 162 Å². The smallest absolute Gasteiger partial charge is 0.137 e. The van der Waals surface area contributed by atoms with E-state index in [0.717, 1.165) is 58.3 Å². The van der Waals surface area contributed by atoms with E-state index in [1.807, 2.05) is 6.20 Å². The number of unbranched alkanes of at least 4 members (excludes halogenated alkanes) is 1. The number of fused-ring (bicyclic) bond motifs is 3. The topological polar surface area (TPSA) is 44.9 Å². The molecule has 5 heteroatoms.